The van der Waals surface area contributed by atoms with Crippen LogP contribution in [0.2, 0.25) is 0 Å². The van der Waals surface area contributed by atoms with Crippen molar-refractivity contribution < 1.29 is 14.3 Å². The predicted octanol–water partition coefficient (Wildman–Crippen LogP) is -0.284. The highest BCUT2D eigenvalue weighted by Gasteiger charge is 2.15. The van der Waals surface area contributed by atoms with Crippen molar-refractivity contribution in [3.05, 3.63) is 0 Å². The van der Waals surface area contributed by atoms with E-state index in [1.807, 2.05) is 0 Å². The molecule has 1 rings (SSSR count). The number of hydrogen-bond acceptors (Lipinski definition) is 5. The minimum Gasteiger partial charge on any atom is -0.444 e. The van der Waals surface area contributed by atoms with Crippen LogP contribution in [-0.2, 0) is 4.74 Å². The molecular weight excluding hydrogens is 286 g/mol. The molecule has 0 aromatic heterocycles. The van der Waals surface area contributed by atoms with Gasteiger partial charge in [0.1, 0.15) is 5.60 Å². The number of nitrogens with one attached hydrogen (secondary N) is 4. The summed E-state index contributed by atoms with van der Waals surface area (Å²) >= 11 is 0. The quantitative estimate of drug-likeness (QED) is 0.506. The lowest BCUT2D eigenvalue weighted by atomic mass is 10.2. The number of alkyl carbamates (subject to hydrolysis) is 1. The fourth-order valence-electron chi connectivity index (χ4n) is 1.98. The molecule has 1 fully saturated rings. The smallest absolute Gasteiger partial charge is 0.407 e. The van der Waals surface area contributed by atoms with Gasteiger partial charge in [-0.05, 0) is 20.8 Å². The van der Waals surface area contributed by atoms with Gasteiger partial charge >= 0.3 is 12.1 Å². The summed E-state index contributed by atoms with van der Waals surface area (Å²) in [5.41, 5.74) is -0.515. The molecule has 0 atom stereocenters. The summed E-state index contributed by atoms with van der Waals surface area (Å²) in [5.74, 6) is 0. The molecule has 0 spiro atoms. The monoisotopic (exact) mass is 315 g/mol. The maximum atomic E-state index is 11.6. The topological polar surface area (TPSA) is 94.7 Å². The van der Waals surface area contributed by atoms with Crippen LogP contribution in [0.25, 0.3) is 0 Å². The molecule has 128 valence electrons. The fraction of sp³-hybridized carbons (Fsp3) is 0.857. The summed E-state index contributed by atoms with van der Waals surface area (Å²) in [6.45, 7) is 11.6. The molecule has 1 aliphatic heterocycles. The van der Waals surface area contributed by atoms with Crippen LogP contribution in [-0.4, -0.2) is 75.0 Å². The minimum atomic E-state index is -0.515. The molecule has 4 N–H and O–H groups in total. The summed E-state index contributed by atoms with van der Waals surface area (Å²) in [7, 11) is 0. The minimum absolute atomic E-state index is 0.221. The first-order valence-electron chi connectivity index (χ1n) is 7.78. The molecule has 1 aliphatic rings. The van der Waals surface area contributed by atoms with Crippen molar-refractivity contribution in [3.63, 3.8) is 0 Å². The lowest BCUT2D eigenvalue weighted by Gasteiger charge is -2.27. The van der Waals surface area contributed by atoms with Gasteiger partial charge in [-0.15, -0.1) is 0 Å². The second-order valence-corrected chi connectivity index (χ2v) is 6.20. The normalized spacial score (nSPS) is 16.0. The van der Waals surface area contributed by atoms with Crippen molar-refractivity contribution in [1.29, 1.82) is 0 Å². The Kier molecular flexibility index (Phi) is 7.97. The Morgan fingerprint density at radius 1 is 1.05 bits per heavy atom. The average Bonchev–Trinajstić information content (AvgIpc) is 2.43. The fourth-order valence-corrected chi connectivity index (χ4v) is 1.98. The Morgan fingerprint density at radius 2 is 1.64 bits per heavy atom. The highest BCUT2D eigenvalue weighted by molar-refractivity contribution is 5.74. The van der Waals surface area contributed by atoms with Gasteiger partial charge in [0.25, 0.3) is 0 Å². The molecule has 0 radical (unpaired) electrons. The molecule has 8 nitrogen and oxygen atoms in total. The van der Waals surface area contributed by atoms with Gasteiger partial charge in [-0.1, -0.05) is 0 Å². The number of carbonyl (C=O) groups is 2. The largest absolute Gasteiger partial charge is 0.444 e. The van der Waals surface area contributed by atoms with E-state index in [1.54, 1.807) is 20.8 Å². The Balaban J connectivity index is 1.98. The number of amides is 3. The van der Waals surface area contributed by atoms with Crippen LogP contribution in [0.5, 0.6) is 0 Å². The van der Waals surface area contributed by atoms with Crippen LogP contribution in [0, 0.1) is 0 Å². The van der Waals surface area contributed by atoms with Gasteiger partial charge in [-0.2, -0.15) is 0 Å². The van der Waals surface area contributed by atoms with Crippen molar-refractivity contribution in [2.24, 2.45) is 0 Å². The molecule has 8 heteroatoms. The summed E-state index contributed by atoms with van der Waals surface area (Å²) in [5, 5.41) is 11.4. The third-order valence-corrected chi connectivity index (χ3v) is 3.00. The Hall–Kier alpha value is -1.54. The number of ether oxygens (including phenoxy) is 1. The molecule has 0 aromatic rings. The second-order valence-electron chi connectivity index (χ2n) is 6.20. The molecule has 0 saturated carbocycles. The number of piperazine rings is 1. The van der Waals surface area contributed by atoms with Gasteiger partial charge in [-0.25, -0.2) is 9.59 Å². The highest BCUT2D eigenvalue weighted by Crippen LogP contribution is 2.05. The molecule has 0 aliphatic carbocycles. The maximum absolute atomic E-state index is 11.6. The number of carbonyl (C=O) groups excluding carboxylic acids is 2. The molecule has 22 heavy (non-hydrogen) atoms. The van der Waals surface area contributed by atoms with Gasteiger partial charge in [0.2, 0.25) is 0 Å². The molecule has 0 aromatic carbocycles. The zero-order valence-electron chi connectivity index (χ0n) is 13.8. The lowest BCUT2D eigenvalue weighted by molar-refractivity contribution is 0.0528. The standard InChI is InChI=1S/C14H29N5O3/c1-14(2,3)22-13(21)18-5-4-16-12(20)17-8-11-19-9-6-15-7-10-19/h15H,4-11H2,1-3H3,(H,18,21)(H2,16,17,20). The summed E-state index contributed by atoms with van der Waals surface area (Å²) in [4.78, 5) is 25.2. The van der Waals surface area contributed by atoms with E-state index < -0.39 is 11.7 Å². The van der Waals surface area contributed by atoms with Crippen LogP contribution >= 0.6 is 0 Å². The SMILES string of the molecule is CC(C)(C)OC(=O)NCCNC(=O)NCCN1CCNCC1. The average molecular weight is 315 g/mol. The van der Waals surface area contributed by atoms with Crippen molar-refractivity contribution in [2.75, 3.05) is 52.4 Å². The van der Waals surface area contributed by atoms with Crippen LogP contribution in [0.3, 0.4) is 0 Å². The van der Waals surface area contributed by atoms with Gasteiger partial charge in [0.05, 0.1) is 0 Å². The summed E-state index contributed by atoms with van der Waals surface area (Å²) in [6.07, 6.45) is -0.478. The van der Waals surface area contributed by atoms with Crippen LogP contribution in [0.15, 0.2) is 0 Å². The van der Waals surface area contributed by atoms with Crippen LogP contribution in [0.1, 0.15) is 20.8 Å². The van der Waals surface area contributed by atoms with Crippen molar-refractivity contribution in [3.8, 4) is 0 Å². The molecular formula is C14H29N5O3. The van der Waals surface area contributed by atoms with E-state index in [0.29, 0.717) is 19.6 Å². The Labute approximate surface area is 132 Å². The number of rotatable bonds is 6. The van der Waals surface area contributed by atoms with Gasteiger partial charge in [-0.3, -0.25) is 4.90 Å². The van der Waals surface area contributed by atoms with Crippen molar-refractivity contribution >= 4 is 12.1 Å². The van der Waals surface area contributed by atoms with E-state index >= 15 is 0 Å². The highest BCUT2D eigenvalue weighted by atomic mass is 16.6. The summed E-state index contributed by atoms with van der Waals surface area (Å²) < 4.78 is 5.09. The molecule has 1 heterocycles. The third kappa shape index (κ3) is 9.41. The van der Waals surface area contributed by atoms with Gasteiger partial charge in [0.15, 0.2) is 0 Å². The predicted molar refractivity (Wildman–Crippen MR) is 84.9 cm³/mol. The van der Waals surface area contributed by atoms with Gasteiger partial charge in [0, 0.05) is 52.4 Å². The van der Waals surface area contributed by atoms with E-state index in [9.17, 15) is 9.59 Å². The maximum Gasteiger partial charge on any atom is 0.407 e. The number of nitrogens with zero attached hydrogens (tertiary/aromatic N) is 1. The second kappa shape index (κ2) is 9.47. The molecule has 3 amide bonds. The van der Waals surface area contributed by atoms with Gasteiger partial charge < -0.3 is 26.0 Å². The molecule has 0 bridgehead atoms. The first kappa shape index (κ1) is 18.5. The zero-order chi connectivity index (χ0) is 16.4. The van der Waals surface area contributed by atoms with E-state index in [2.05, 4.69) is 26.2 Å². The summed E-state index contributed by atoms with van der Waals surface area (Å²) in [6, 6.07) is -0.221. The number of hydrogen-bond donors (Lipinski definition) is 4. The first-order valence-corrected chi connectivity index (χ1v) is 7.78. The van der Waals surface area contributed by atoms with Crippen LogP contribution in [0.4, 0.5) is 9.59 Å². The molecule has 1 saturated heterocycles. The van der Waals surface area contributed by atoms with Crippen molar-refractivity contribution in [2.45, 2.75) is 26.4 Å². The van der Waals surface area contributed by atoms with E-state index in [-0.39, 0.29) is 6.03 Å². The lowest BCUT2D eigenvalue weighted by Crippen LogP contribution is -2.47. The van der Waals surface area contributed by atoms with Crippen LogP contribution < -0.4 is 21.3 Å². The Bertz CT molecular complexity index is 351. The zero-order valence-corrected chi connectivity index (χ0v) is 13.8. The van der Waals surface area contributed by atoms with E-state index in [4.69, 9.17) is 4.74 Å². The third-order valence-electron chi connectivity index (χ3n) is 3.00. The Morgan fingerprint density at radius 3 is 2.27 bits per heavy atom. The van der Waals surface area contributed by atoms with E-state index in [1.165, 1.54) is 0 Å². The molecule has 0 unspecified atom stereocenters. The number of urea groups is 1. The van der Waals surface area contributed by atoms with Crippen molar-refractivity contribution in [1.82, 2.24) is 26.2 Å². The first-order chi connectivity index (χ1) is 10.4. The van der Waals surface area contributed by atoms with E-state index in [0.717, 1.165) is 32.7 Å².